The Morgan fingerprint density at radius 3 is 2.41 bits per heavy atom. The molecule has 1 atom stereocenters. The lowest BCUT2D eigenvalue weighted by molar-refractivity contribution is -0.137. The van der Waals surface area contributed by atoms with Crippen molar-refractivity contribution in [3.05, 3.63) is 90.0 Å². The van der Waals surface area contributed by atoms with Crippen LogP contribution in [-0.4, -0.2) is 74.9 Å². The zero-order valence-corrected chi connectivity index (χ0v) is 25.1. The number of amides is 2. The maximum atomic E-state index is 13.5. The van der Waals surface area contributed by atoms with Gasteiger partial charge in [-0.05, 0) is 55.8 Å². The Hall–Kier alpha value is -4.32. The molecule has 0 N–H and O–H groups in total. The maximum Gasteiger partial charge on any atom is 0.416 e. The molecule has 1 aliphatic heterocycles. The molecule has 0 radical (unpaired) electrons. The topological polar surface area (TPSA) is 80.6 Å². The second-order valence-corrected chi connectivity index (χ2v) is 11.5. The van der Waals surface area contributed by atoms with Gasteiger partial charge in [0.25, 0.3) is 5.91 Å². The highest BCUT2D eigenvalue weighted by Crippen LogP contribution is 2.33. The molecule has 4 aromatic rings. The lowest BCUT2D eigenvalue weighted by Gasteiger charge is -2.40. The standard InChI is InChI=1S/C32H32F3N5O3S/c1-22-21-38(17-18-39(22)30(42)24-13-15-27(43-2)16-14-24)28(41)12-7-19-44-31-37-36-29(23-8-4-3-5-9-23)40(31)26-11-6-10-25(20-26)32(33,34)35/h3-6,8-11,13-16,20,22H,7,12,17-19,21H2,1-2H3. The van der Waals surface area contributed by atoms with Crippen LogP contribution in [0, 0.1) is 0 Å². The molecule has 1 unspecified atom stereocenters. The van der Waals surface area contributed by atoms with Crippen LogP contribution in [0.25, 0.3) is 17.1 Å². The molecule has 0 bridgehead atoms. The smallest absolute Gasteiger partial charge is 0.416 e. The van der Waals surface area contributed by atoms with Crippen LogP contribution in [0.1, 0.15) is 35.7 Å². The van der Waals surface area contributed by atoms with E-state index in [1.807, 2.05) is 37.3 Å². The predicted molar refractivity (Wildman–Crippen MR) is 162 cm³/mol. The highest BCUT2D eigenvalue weighted by molar-refractivity contribution is 7.99. The number of aromatic nitrogens is 3. The van der Waals surface area contributed by atoms with Crippen molar-refractivity contribution in [2.45, 2.75) is 37.1 Å². The summed E-state index contributed by atoms with van der Waals surface area (Å²) < 4.78 is 47.3. The molecule has 1 saturated heterocycles. The third-order valence-electron chi connectivity index (χ3n) is 7.44. The van der Waals surface area contributed by atoms with Crippen LogP contribution < -0.4 is 4.74 Å². The Morgan fingerprint density at radius 2 is 1.73 bits per heavy atom. The molecule has 0 aliphatic carbocycles. The number of methoxy groups -OCH3 is 1. The minimum Gasteiger partial charge on any atom is -0.497 e. The summed E-state index contributed by atoms with van der Waals surface area (Å²) in [6.07, 6.45) is -3.65. The molecule has 2 amide bonds. The van der Waals surface area contributed by atoms with Gasteiger partial charge in [-0.1, -0.05) is 48.2 Å². The number of ether oxygens (including phenoxy) is 1. The molecule has 2 heterocycles. The van der Waals surface area contributed by atoms with Gasteiger partial charge in [-0.2, -0.15) is 13.2 Å². The van der Waals surface area contributed by atoms with E-state index < -0.39 is 11.7 Å². The highest BCUT2D eigenvalue weighted by Gasteiger charge is 2.32. The Morgan fingerprint density at radius 1 is 0.977 bits per heavy atom. The van der Waals surface area contributed by atoms with E-state index in [4.69, 9.17) is 4.74 Å². The summed E-state index contributed by atoms with van der Waals surface area (Å²) in [5.41, 5.74) is 0.837. The molecule has 44 heavy (non-hydrogen) atoms. The Labute approximate surface area is 257 Å². The number of thioether (sulfide) groups is 1. The van der Waals surface area contributed by atoms with Crippen LogP contribution in [0.5, 0.6) is 5.75 Å². The predicted octanol–water partition coefficient (Wildman–Crippen LogP) is 6.21. The van der Waals surface area contributed by atoms with E-state index in [0.29, 0.717) is 66.2 Å². The zero-order valence-electron chi connectivity index (χ0n) is 24.3. The van der Waals surface area contributed by atoms with Crippen molar-refractivity contribution >= 4 is 23.6 Å². The van der Waals surface area contributed by atoms with E-state index in [0.717, 1.165) is 17.7 Å². The number of benzene rings is 3. The number of carbonyl (C=O) groups is 2. The van der Waals surface area contributed by atoms with Crippen molar-refractivity contribution in [1.29, 1.82) is 0 Å². The van der Waals surface area contributed by atoms with Gasteiger partial charge in [0, 0.05) is 49.0 Å². The molecule has 0 spiro atoms. The molecule has 8 nitrogen and oxygen atoms in total. The van der Waals surface area contributed by atoms with Gasteiger partial charge in [0.2, 0.25) is 5.91 Å². The van der Waals surface area contributed by atoms with Crippen LogP contribution in [0.15, 0.2) is 84.0 Å². The Bertz CT molecular complexity index is 1590. The first-order valence-corrected chi connectivity index (χ1v) is 15.2. The minimum absolute atomic E-state index is 0.00156. The fourth-order valence-corrected chi connectivity index (χ4v) is 6.01. The third kappa shape index (κ3) is 7.07. The van der Waals surface area contributed by atoms with Gasteiger partial charge < -0.3 is 14.5 Å². The molecule has 1 aromatic heterocycles. The zero-order chi connectivity index (χ0) is 31.3. The highest BCUT2D eigenvalue weighted by atomic mass is 32.2. The molecule has 0 saturated carbocycles. The largest absolute Gasteiger partial charge is 0.497 e. The number of halogens is 3. The fourth-order valence-electron chi connectivity index (χ4n) is 5.12. The van der Waals surface area contributed by atoms with Crippen molar-refractivity contribution in [2.75, 3.05) is 32.5 Å². The monoisotopic (exact) mass is 623 g/mol. The maximum absolute atomic E-state index is 13.5. The SMILES string of the molecule is COc1ccc(C(=O)N2CCN(C(=O)CCCSc3nnc(-c4ccccc4)n3-c3cccc(C(F)(F)F)c3)CC2C)cc1. The van der Waals surface area contributed by atoms with Gasteiger partial charge in [0.15, 0.2) is 11.0 Å². The fraction of sp³-hybridized carbons (Fsp3) is 0.312. The van der Waals surface area contributed by atoms with Gasteiger partial charge >= 0.3 is 6.18 Å². The summed E-state index contributed by atoms with van der Waals surface area (Å²) >= 11 is 1.34. The number of hydrogen-bond acceptors (Lipinski definition) is 6. The van der Waals surface area contributed by atoms with Gasteiger partial charge in [-0.3, -0.25) is 14.2 Å². The van der Waals surface area contributed by atoms with Crippen molar-refractivity contribution in [2.24, 2.45) is 0 Å². The average molecular weight is 624 g/mol. The summed E-state index contributed by atoms with van der Waals surface area (Å²) in [7, 11) is 1.57. The molecular weight excluding hydrogens is 591 g/mol. The molecule has 230 valence electrons. The van der Waals surface area contributed by atoms with E-state index in [-0.39, 0.29) is 17.9 Å². The number of alkyl halides is 3. The van der Waals surface area contributed by atoms with E-state index in [1.165, 1.54) is 17.8 Å². The van der Waals surface area contributed by atoms with Crippen LogP contribution in [0.3, 0.4) is 0 Å². The van der Waals surface area contributed by atoms with E-state index in [1.54, 1.807) is 51.8 Å². The van der Waals surface area contributed by atoms with Gasteiger partial charge in [0.1, 0.15) is 5.75 Å². The van der Waals surface area contributed by atoms with Gasteiger partial charge in [-0.25, -0.2) is 0 Å². The first-order valence-electron chi connectivity index (χ1n) is 14.2. The second-order valence-electron chi connectivity index (χ2n) is 10.4. The summed E-state index contributed by atoms with van der Waals surface area (Å²) in [5.74, 6) is 1.54. The van der Waals surface area contributed by atoms with Crippen LogP contribution in [0.4, 0.5) is 13.2 Å². The summed E-state index contributed by atoms with van der Waals surface area (Å²) in [6.45, 7) is 3.26. The molecule has 1 aliphatic rings. The lowest BCUT2D eigenvalue weighted by Crippen LogP contribution is -2.55. The van der Waals surface area contributed by atoms with E-state index in [2.05, 4.69) is 10.2 Å². The summed E-state index contributed by atoms with van der Waals surface area (Å²) in [6, 6.07) is 21.1. The molecule has 3 aromatic carbocycles. The average Bonchev–Trinajstić information content (AvgIpc) is 3.46. The first kappa shape index (κ1) is 31.1. The van der Waals surface area contributed by atoms with Crippen molar-refractivity contribution in [3.63, 3.8) is 0 Å². The van der Waals surface area contributed by atoms with Crippen LogP contribution in [-0.2, 0) is 11.0 Å². The Balaban J connectivity index is 1.20. The third-order valence-corrected chi connectivity index (χ3v) is 8.46. The van der Waals surface area contributed by atoms with Crippen LogP contribution in [0.2, 0.25) is 0 Å². The number of rotatable bonds is 9. The minimum atomic E-state index is -4.49. The number of piperazine rings is 1. The van der Waals surface area contributed by atoms with E-state index >= 15 is 0 Å². The number of carbonyl (C=O) groups excluding carboxylic acids is 2. The van der Waals surface area contributed by atoms with Crippen molar-refractivity contribution in [1.82, 2.24) is 24.6 Å². The number of nitrogens with zero attached hydrogens (tertiary/aromatic N) is 5. The number of hydrogen-bond donors (Lipinski definition) is 0. The Kier molecular flexibility index (Phi) is 9.58. The quantitative estimate of drug-likeness (QED) is 0.163. The van der Waals surface area contributed by atoms with Crippen molar-refractivity contribution in [3.8, 4) is 22.8 Å². The molecule has 1 fully saturated rings. The molecule has 12 heteroatoms. The second kappa shape index (κ2) is 13.5. The molecule has 5 rings (SSSR count). The summed E-state index contributed by atoms with van der Waals surface area (Å²) in [4.78, 5) is 29.6. The van der Waals surface area contributed by atoms with E-state index in [9.17, 15) is 22.8 Å². The van der Waals surface area contributed by atoms with Gasteiger partial charge in [0.05, 0.1) is 18.4 Å². The first-order chi connectivity index (χ1) is 21.2. The lowest BCUT2D eigenvalue weighted by atomic mass is 10.1. The van der Waals surface area contributed by atoms with Crippen molar-refractivity contribution < 1.29 is 27.5 Å². The van der Waals surface area contributed by atoms with Gasteiger partial charge in [-0.15, -0.1) is 10.2 Å². The normalized spacial score (nSPS) is 15.3. The van der Waals surface area contributed by atoms with Crippen LogP contribution >= 0.6 is 11.8 Å². The molecular formula is C32H32F3N5O3S. The summed E-state index contributed by atoms with van der Waals surface area (Å²) in [5, 5.41) is 9.03.